The molecular formula is C14H26N4S. The summed E-state index contributed by atoms with van der Waals surface area (Å²) < 4.78 is 0. The fourth-order valence-electron chi connectivity index (χ4n) is 1.74. The smallest absolute Gasteiger partial charge is 0.188 e. The Hall–Kier alpha value is -1.10. The van der Waals surface area contributed by atoms with E-state index in [1.807, 2.05) is 0 Å². The van der Waals surface area contributed by atoms with Crippen LogP contribution in [0.2, 0.25) is 0 Å². The van der Waals surface area contributed by atoms with Crippen LogP contribution in [0.1, 0.15) is 50.2 Å². The maximum atomic E-state index is 5.81. The average Bonchev–Trinajstić information content (AvgIpc) is 2.86. The van der Waals surface area contributed by atoms with Crippen LogP contribution in [0.15, 0.2) is 10.4 Å². The summed E-state index contributed by atoms with van der Waals surface area (Å²) in [6.45, 7) is 5.97. The van der Waals surface area contributed by atoms with Gasteiger partial charge in [0, 0.05) is 24.9 Å². The van der Waals surface area contributed by atoms with Gasteiger partial charge >= 0.3 is 0 Å². The normalized spacial score (nSPS) is 11.8. The van der Waals surface area contributed by atoms with Crippen molar-refractivity contribution in [1.82, 2.24) is 10.3 Å². The average molecular weight is 282 g/mol. The Balaban J connectivity index is 2.12. The van der Waals surface area contributed by atoms with E-state index in [-0.39, 0.29) is 0 Å². The molecule has 0 amide bonds. The zero-order valence-corrected chi connectivity index (χ0v) is 12.9. The third kappa shape index (κ3) is 7.15. The highest BCUT2D eigenvalue weighted by molar-refractivity contribution is 7.09. The number of nitrogens with two attached hydrogens (primary N) is 1. The molecule has 3 N–H and O–H groups in total. The van der Waals surface area contributed by atoms with Gasteiger partial charge in [-0.2, -0.15) is 0 Å². The molecule has 0 unspecified atom stereocenters. The third-order valence-electron chi connectivity index (χ3n) is 2.88. The molecule has 0 saturated carbocycles. The van der Waals surface area contributed by atoms with E-state index in [0.717, 1.165) is 38.0 Å². The van der Waals surface area contributed by atoms with E-state index in [9.17, 15) is 0 Å². The lowest BCUT2D eigenvalue weighted by Crippen LogP contribution is -2.33. The predicted octanol–water partition coefficient (Wildman–Crippen LogP) is 2.73. The van der Waals surface area contributed by atoms with Crippen LogP contribution in [0.4, 0.5) is 0 Å². The maximum Gasteiger partial charge on any atom is 0.188 e. The van der Waals surface area contributed by atoms with Crippen molar-refractivity contribution in [2.75, 3.05) is 13.1 Å². The van der Waals surface area contributed by atoms with Gasteiger partial charge in [0.2, 0.25) is 0 Å². The van der Waals surface area contributed by atoms with Crippen LogP contribution in [-0.2, 0) is 12.8 Å². The topological polar surface area (TPSA) is 63.3 Å². The lowest BCUT2D eigenvalue weighted by molar-refractivity contribution is 0.673. The molecule has 1 heterocycles. The zero-order valence-electron chi connectivity index (χ0n) is 12.1. The van der Waals surface area contributed by atoms with E-state index in [1.165, 1.54) is 24.3 Å². The number of rotatable bonds is 9. The number of aliphatic imine (C=N–C) groups is 1. The molecule has 0 aliphatic rings. The first-order valence-corrected chi connectivity index (χ1v) is 8.11. The van der Waals surface area contributed by atoms with E-state index in [2.05, 4.69) is 34.5 Å². The molecule has 19 heavy (non-hydrogen) atoms. The Morgan fingerprint density at radius 1 is 1.37 bits per heavy atom. The van der Waals surface area contributed by atoms with Crippen LogP contribution in [0.5, 0.6) is 0 Å². The van der Waals surface area contributed by atoms with E-state index in [1.54, 1.807) is 11.3 Å². The number of aromatic nitrogens is 1. The van der Waals surface area contributed by atoms with Crippen molar-refractivity contribution >= 4 is 17.3 Å². The van der Waals surface area contributed by atoms with Crippen molar-refractivity contribution < 1.29 is 0 Å². The molecule has 1 rings (SSSR count). The molecule has 1 aromatic heterocycles. The minimum Gasteiger partial charge on any atom is -0.370 e. The SMILES string of the molecule is CCCCCCN=C(N)NCCc1csc(CC)n1. The second kappa shape index (κ2) is 9.78. The minimum atomic E-state index is 0.558. The predicted molar refractivity (Wildman–Crippen MR) is 83.8 cm³/mol. The van der Waals surface area contributed by atoms with Gasteiger partial charge < -0.3 is 11.1 Å². The van der Waals surface area contributed by atoms with E-state index in [4.69, 9.17) is 5.73 Å². The molecule has 0 bridgehead atoms. The first kappa shape index (κ1) is 16.0. The number of unbranched alkanes of at least 4 members (excludes halogenated alkanes) is 3. The summed E-state index contributed by atoms with van der Waals surface area (Å²) in [6.07, 6.45) is 6.83. The van der Waals surface area contributed by atoms with Crippen molar-refractivity contribution in [2.45, 2.75) is 52.4 Å². The maximum absolute atomic E-state index is 5.81. The summed E-state index contributed by atoms with van der Waals surface area (Å²) in [7, 11) is 0. The van der Waals surface area contributed by atoms with Crippen molar-refractivity contribution in [3.8, 4) is 0 Å². The van der Waals surface area contributed by atoms with Crippen LogP contribution in [0.3, 0.4) is 0 Å². The summed E-state index contributed by atoms with van der Waals surface area (Å²) in [6, 6.07) is 0. The highest BCUT2D eigenvalue weighted by atomic mass is 32.1. The Morgan fingerprint density at radius 2 is 2.21 bits per heavy atom. The van der Waals surface area contributed by atoms with Crippen molar-refractivity contribution in [1.29, 1.82) is 0 Å². The summed E-state index contributed by atoms with van der Waals surface area (Å²) in [4.78, 5) is 8.83. The second-order valence-corrected chi connectivity index (χ2v) is 5.53. The van der Waals surface area contributed by atoms with Crippen LogP contribution < -0.4 is 11.1 Å². The van der Waals surface area contributed by atoms with E-state index in [0.29, 0.717) is 5.96 Å². The highest BCUT2D eigenvalue weighted by Crippen LogP contribution is 2.10. The molecule has 0 atom stereocenters. The first-order chi connectivity index (χ1) is 9.26. The Kier molecular flexibility index (Phi) is 8.21. The quantitative estimate of drug-likeness (QED) is 0.416. The minimum absolute atomic E-state index is 0.558. The summed E-state index contributed by atoms with van der Waals surface area (Å²) in [5.74, 6) is 0.558. The molecule has 0 aliphatic carbocycles. The Morgan fingerprint density at radius 3 is 2.89 bits per heavy atom. The summed E-state index contributed by atoms with van der Waals surface area (Å²) in [5.41, 5.74) is 6.95. The zero-order chi connectivity index (χ0) is 13.9. The molecule has 0 radical (unpaired) electrons. The van der Waals surface area contributed by atoms with Crippen LogP contribution >= 0.6 is 11.3 Å². The van der Waals surface area contributed by atoms with Gasteiger partial charge in [0.15, 0.2) is 5.96 Å². The molecule has 1 aromatic rings. The third-order valence-corrected chi connectivity index (χ3v) is 3.92. The van der Waals surface area contributed by atoms with E-state index < -0.39 is 0 Å². The fraction of sp³-hybridized carbons (Fsp3) is 0.714. The van der Waals surface area contributed by atoms with Gasteiger partial charge in [0.25, 0.3) is 0 Å². The monoisotopic (exact) mass is 282 g/mol. The fourth-order valence-corrected chi connectivity index (χ4v) is 2.52. The summed E-state index contributed by atoms with van der Waals surface area (Å²) >= 11 is 1.73. The van der Waals surface area contributed by atoms with E-state index >= 15 is 0 Å². The number of thiazole rings is 1. The second-order valence-electron chi connectivity index (χ2n) is 4.59. The van der Waals surface area contributed by atoms with Gasteiger partial charge in [0.05, 0.1) is 10.7 Å². The van der Waals surface area contributed by atoms with Gasteiger partial charge in [-0.1, -0.05) is 33.1 Å². The van der Waals surface area contributed by atoms with Crippen molar-refractivity contribution in [3.63, 3.8) is 0 Å². The van der Waals surface area contributed by atoms with Crippen LogP contribution in [0.25, 0.3) is 0 Å². The molecule has 0 saturated heterocycles. The van der Waals surface area contributed by atoms with Crippen LogP contribution in [0, 0.1) is 0 Å². The molecular weight excluding hydrogens is 256 g/mol. The van der Waals surface area contributed by atoms with Gasteiger partial charge in [0.1, 0.15) is 0 Å². The lowest BCUT2D eigenvalue weighted by atomic mass is 10.2. The van der Waals surface area contributed by atoms with Crippen LogP contribution in [-0.4, -0.2) is 24.0 Å². The van der Waals surface area contributed by atoms with Crippen molar-refractivity contribution in [3.05, 3.63) is 16.1 Å². The number of nitrogens with one attached hydrogen (secondary N) is 1. The number of aryl methyl sites for hydroxylation is 1. The largest absolute Gasteiger partial charge is 0.370 e. The number of hydrogen-bond acceptors (Lipinski definition) is 3. The van der Waals surface area contributed by atoms with Gasteiger partial charge in [-0.15, -0.1) is 11.3 Å². The van der Waals surface area contributed by atoms with Gasteiger partial charge in [-0.3, -0.25) is 4.99 Å². The number of nitrogens with zero attached hydrogens (tertiary/aromatic N) is 2. The molecule has 0 aliphatic heterocycles. The molecule has 0 aromatic carbocycles. The Labute approximate surface area is 120 Å². The lowest BCUT2D eigenvalue weighted by Gasteiger charge is -2.04. The molecule has 4 nitrogen and oxygen atoms in total. The standard InChI is InChI=1S/C14H26N4S/c1-3-5-6-7-9-16-14(15)17-10-8-12-11-19-13(4-2)18-12/h11H,3-10H2,1-2H3,(H3,15,16,17). The highest BCUT2D eigenvalue weighted by Gasteiger charge is 2.00. The Bertz CT molecular complexity index is 373. The van der Waals surface area contributed by atoms with Crippen molar-refractivity contribution in [2.24, 2.45) is 10.7 Å². The van der Waals surface area contributed by atoms with Gasteiger partial charge in [-0.05, 0) is 12.8 Å². The summed E-state index contributed by atoms with van der Waals surface area (Å²) in [5, 5.41) is 6.47. The molecule has 5 heteroatoms. The molecule has 0 fully saturated rings. The number of guanidine groups is 1. The molecule has 108 valence electrons. The van der Waals surface area contributed by atoms with Gasteiger partial charge in [-0.25, -0.2) is 4.98 Å². The number of hydrogen-bond donors (Lipinski definition) is 2. The first-order valence-electron chi connectivity index (χ1n) is 7.23. The molecule has 0 spiro atoms.